The minimum absolute atomic E-state index is 0.107. The van der Waals surface area contributed by atoms with Crippen molar-refractivity contribution in [1.29, 1.82) is 0 Å². The van der Waals surface area contributed by atoms with Crippen molar-refractivity contribution in [2.45, 2.75) is 51.8 Å². The molecule has 1 aliphatic rings. The maximum Gasteiger partial charge on any atom is 0.459 e. The van der Waals surface area contributed by atoms with E-state index < -0.39 is 19.8 Å². The number of methoxy groups -OCH3 is 1. The standard InChI is InChI=1S/C23H31N6O6P/c1-14(2)34-22(30)15(3)28-36(31,35-18-8-6-5-7-9-18)33-12-16-10-17(11-16)29-13-25-19-20(29)26-23(24)27-21(19)32-4/h5-9,13-17H,10-12H2,1-4H3,(H,28,31)(H2,24,26,27)/t15-,16-,17+,36?/m0/s1. The molecule has 0 amide bonds. The Morgan fingerprint density at radius 2 is 1.94 bits per heavy atom. The summed E-state index contributed by atoms with van der Waals surface area (Å²) >= 11 is 0. The van der Waals surface area contributed by atoms with E-state index in [-0.39, 0.29) is 30.6 Å². The van der Waals surface area contributed by atoms with E-state index >= 15 is 0 Å². The molecule has 194 valence electrons. The fraction of sp³-hybridized carbons (Fsp3) is 0.478. The van der Waals surface area contributed by atoms with Crippen LogP contribution >= 0.6 is 7.75 Å². The molecule has 1 aromatic carbocycles. The largest absolute Gasteiger partial charge is 0.479 e. The Morgan fingerprint density at radius 3 is 2.61 bits per heavy atom. The number of anilines is 1. The SMILES string of the molecule is COc1nc(N)nc2c1ncn2[C@H]1C[C@@H](COP(=O)(N[C@@H](C)C(=O)OC(C)C)Oc2ccccc2)C1. The lowest BCUT2D eigenvalue weighted by Gasteiger charge is -2.36. The van der Waals surface area contributed by atoms with E-state index in [1.807, 2.05) is 10.6 Å². The second kappa shape index (κ2) is 10.8. The number of nitrogen functional groups attached to an aromatic ring is 1. The zero-order chi connectivity index (χ0) is 25.9. The first kappa shape index (κ1) is 25.9. The number of carbonyl (C=O) groups excluding carboxylic acids is 1. The van der Waals surface area contributed by atoms with E-state index in [0.717, 1.165) is 12.8 Å². The van der Waals surface area contributed by atoms with Crippen LogP contribution in [0, 0.1) is 5.92 Å². The maximum absolute atomic E-state index is 13.6. The van der Waals surface area contributed by atoms with E-state index in [1.165, 1.54) is 7.11 Å². The first-order valence-corrected chi connectivity index (χ1v) is 13.2. The van der Waals surface area contributed by atoms with Gasteiger partial charge in [0.15, 0.2) is 11.2 Å². The Morgan fingerprint density at radius 1 is 1.22 bits per heavy atom. The lowest BCUT2D eigenvalue weighted by molar-refractivity contribution is -0.149. The van der Waals surface area contributed by atoms with Crippen LogP contribution in [-0.2, 0) is 18.6 Å². The van der Waals surface area contributed by atoms with Crippen LogP contribution in [0.25, 0.3) is 11.2 Å². The minimum Gasteiger partial charge on any atom is -0.479 e. The highest BCUT2D eigenvalue weighted by Gasteiger charge is 2.37. The average molecular weight is 519 g/mol. The summed E-state index contributed by atoms with van der Waals surface area (Å²) in [5.41, 5.74) is 6.95. The molecule has 12 nitrogen and oxygen atoms in total. The highest BCUT2D eigenvalue weighted by atomic mass is 31.2. The molecule has 4 rings (SSSR count). The normalized spacial score (nSPS) is 19.9. The summed E-state index contributed by atoms with van der Waals surface area (Å²) in [7, 11) is -2.38. The van der Waals surface area contributed by atoms with Gasteiger partial charge in [0, 0.05) is 6.04 Å². The first-order chi connectivity index (χ1) is 17.2. The van der Waals surface area contributed by atoms with Gasteiger partial charge in [0.25, 0.3) is 0 Å². The second-order valence-corrected chi connectivity index (χ2v) is 10.6. The number of fused-ring (bicyclic) bond motifs is 1. The van der Waals surface area contributed by atoms with Crippen LogP contribution in [0.1, 0.15) is 39.7 Å². The number of para-hydroxylation sites is 1. The van der Waals surface area contributed by atoms with Crippen LogP contribution in [0.4, 0.5) is 5.95 Å². The third-order valence-corrected chi connectivity index (χ3v) is 7.35. The number of imidazole rings is 1. The van der Waals surface area contributed by atoms with Crippen LogP contribution in [0.15, 0.2) is 36.7 Å². The Kier molecular flexibility index (Phi) is 7.77. The molecule has 2 aromatic heterocycles. The molecule has 2 heterocycles. The minimum atomic E-state index is -3.89. The molecule has 1 unspecified atom stereocenters. The Balaban J connectivity index is 1.41. The highest BCUT2D eigenvalue weighted by molar-refractivity contribution is 7.52. The molecule has 1 saturated carbocycles. The lowest BCUT2D eigenvalue weighted by Crippen LogP contribution is -2.37. The van der Waals surface area contributed by atoms with Crippen molar-refractivity contribution in [3.05, 3.63) is 36.7 Å². The molecule has 2 atom stereocenters. The quantitative estimate of drug-likeness (QED) is 0.283. The van der Waals surface area contributed by atoms with Crippen LogP contribution in [-0.4, -0.2) is 51.4 Å². The number of hydrogen-bond donors (Lipinski definition) is 2. The Hall–Kier alpha value is -3.21. The van der Waals surface area contributed by atoms with Gasteiger partial charge in [-0.2, -0.15) is 15.1 Å². The summed E-state index contributed by atoms with van der Waals surface area (Å²) in [4.78, 5) is 25.0. The van der Waals surface area contributed by atoms with Crippen LogP contribution in [0.3, 0.4) is 0 Å². The maximum atomic E-state index is 13.6. The van der Waals surface area contributed by atoms with Gasteiger partial charge in [0.2, 0.25) is 11.8 Å². The number of nitrogens with two attached hydrogens (primary N) is 1. The number of ether oxygens (including phenoxy) is 2. The summed E-state index contributed by atoms with van der Waals surface area (Å²) in [6.45, 7) is 5.22. The average Bonchev–Trinajstić information content (AvgIpc) is 3.21. The summed E-state index contributed by atoms with van der Waals surface area (Å²) < 4.78 is 37.5. The van der Waals surface area contributed by atoms with Crippen molar-refractivity contribution in [3.63, 3.8) is 0 Å². The smallest absolute Gasteiger partial charge is 0.459 e. The van der Waals surface area contributed by atoms with Crippen molar-refractivity contribution in [3.8, 4) is 11.6 Å². The van der Waals surface area contributed by atoms with Gasteiger partial charge in [-0.1, -0.05) is 18.2 Å². The fourth-order valence-corrected chi connectivity index (χ4v) is 5.48. The van der Waals surface area contributed by atoms with Crippen molar-refractivity contribution >= 4 is 30.8 Å². The number of nitrogens with zero attached hydrogens (tertiary/aromatic N) is 4. The summed E-state index contributed by atoms with van der Waals surface area (Å²) in [5, 5.41) is 2.71. The Bertz CT molecular complexity index is 1250. The number of carbonyl (C=O) groups is 1. The number of benzene rings is 1. The van der Waals surface area contributed by atoms with Gasteiger partial charge in [0.1, 0.15) is 11.8 Å². The van der Waals surface area contributed by atoms with Crippen LogP contribution in [0.5, 0.6) is 11.6 Å². The van der Waals surface area contributed by atoms with Crippen molar-refractivity contribution < 1.29 is 27.9 Å². The molecule has 0 radical (unpaired) electrons. The number of nitrogens with one attached hydrogen (secondary N) is 1. The molecule has 3 aromatic rings. The molecule has 0 saturated heterocycles. The van der Waals surface area contributed by atoms with E-state index in [4.69, 9.17) is 24.3 Å². The molecule has 3 N–H and O–H groups in total. The predicted octanol–water partition coefficient (Wildman–Crippen LogP) is 3.50. The van der Waals surface area contributed by atoms with Crippen LogP contribution < -0.4 is 20.1 Å². The number of aromatic nitrogens is 4. The molecule has 1 aliphatic carbocycles. The Labute approximate surface area is 209 Å². The summed E-state index contributed by atoms with van der Waals surface area (Å²) in [5.74, 6) is 0.361. The van der Waals surface area contributed by atoms with Gasteiger partial charge in [-0.25, -0.2) is 9.55 Å². The zero-order valence-corrected chi connectivity index (χ0v) is 21.6. The third kappa shape index (κ3) is 5.95. The van der Waals surface area contributed by atoms with Crippen LogP contribution in [0.2, 0.25) is 0 Å². The molecule has 0 bridgehead atoms. The van der Waals surface area contributed by atoms with Gasteiger partial charge in [-0.3, -0.25) is 9.32 Å². The third-order valence-electron chi connectivity index (χ3n) is 5.71. The predicted molar refractivity (Wildman–Crippen MR) is 133 cm³/mol. The zero-order valence-electron chi connectivity index (χ0n) is 20.7. The molecular weight excluding hydrogens is 487 g/mol. The number of rotatable bonds is 11. The monoisotopic (exact) mass is 518 g/mol. The van der Waals surface area contributed by atoms with Crippen molar-refractivity contribution in [2.75, 3.05) is 19.5 Å². The number of hydrogen-bond acceptors (Lipinski definition) is 10. The fourth-order valence-electron chi connectivity index (χ4n) is 3.92. The topological polar surface area (TPSA) is 153 Å². The van der Waals surface area contributed by atoms with E-state index in [9.17, 15) is 9.36 Å². The summed E-state index contributed by atoms with van der Waals surface area (Å²) in [6, 6.07) is 7.89. The van der Waals surface area contributed by atoms with Crippen molar-refractivity contribution in [1.82, 2.24) is 24.6 Å². The second-order valence-electron chi connectivity index (χ2n) is 8.94. The first-order valence-electron chi connectivity index (χ1n) is 11.7. The highest BCUT2D eigenvalue weighted by Crippen LogP contribution is 2.48. The molecular formula is C23H31N6O6P. The molecule has 13 heteroatoms. The van der Waals surface area contributed by atoms with E-state index in [2.05, 4.69) is 20.0 Å². The number of esters is 1. The molecule has 1 fully saturated rings. The van der Waals surface area contributed by atoms with Gasteiger partial charge in [-0.15, -0.1) is 0 Å². The molecule has 36 heavy (non-hydrogen) atoms. The summed E-state index contributed by atoms with van der Waals surface area (Å²) in [6.07, 6.45) is 2.88. The molecule has 0 spiro atoms. The van der Waals surface area contributed by atoms with E-state index in [1.54, 1.807) is 51.4 Å². The lowest BCUT2D eigenvalue weighted by atomic mass is 9.81. The van der Waals surface area contributed by atoms with Gasteiger partial charge < -0.3 is 24.3 Å². The van der Waals surface area contributed by atoms with Crippen molar-refractivity contribution in [2.24, 2.45) is 5.92 Å². The molecule has 0 aliphatic heterocycles. The van der Waals surface area contributed by atoms with E-state index in [0.29, 0.717) is 22.8 Å². The van der Waals surface area contributed by atoms with Gasteiger partial charge in [0.05, 0.1) is 26.1 Å². The van der Waals surface area contributed by atoms with Gasteiger partial charge >= 0.3 is 13.7 Å². The van der Waals surface area contributed by atoms with Gasteiger partial charge in [-0.05, 0) is 51.7 Å².